The quantitative estimate of drug-likeness (QED) is 0.726. The number of hydrogen-bond acceptors (Lipinski definition) is 3. The molecule has 1 fully saturated rings. The summed E-state index contributed by atoms with van der Waals surface area (Å²) in [5.41, 5.74) is 0.0427. The monoisotopic (exact) mass is 213 g/mol. The summed E-state index contributed by atoms with van der Waals surface area (Å²) in [5.74, 6) is -0.0461. The van der Waals surface area contributed by atoms with E-state index in [9.17, 15) is 4.79 Å². The minimum absolute atomic E-state index is 0.0461. The van der Waals surface area contributed by atoms with Gasteiger partial charge in [-0.2, -0.15) is 0 Å². The molecule has 1 aliphatic rings. The molecule has 0 spiro atoms. The zero-order chi connectivity index (χ0) is 11.5. The van der Waals surface area contributed by atoms with Crippen molar-refractivity contribution in [3.8, 4) is 0 Å². The van der Waals surface area contributed by atoms with Crippen molar-refractivity contribution in [3.05, 3.63) is 0 Å². The Morgan fingerprint density at radius 1 is 1.40 bits per heavy atom. The van der Waals surface area contributed by atoms with E-state index in [4.69, 9.17) is 4.74 Å². The van der Waals surface area contributed by atoms with Crippen LogP contribution in [0.1, 0.15) is 40.0 Å². The Balaban J connectivity index is 2.38. The van der Waals surface area contributed by atoms with E-state index in [0.29, 0.717) is 0 Å². The third kappa shape index (κ3) is 3.20. The van der Waals surface area contributed by atoms with Crippen LogP contribution < -0.4 is 5.32 Å². The summed E-state index contributed by atoms with van der Waals surface area (Å²) in [6, 6.07) is 0. The van der Waals surface area contributed by atoms with E-state index in [1.165, 1.54) is 7.11 Å². The molecule has 0 atom stereocenters. The molecule has 0 aromatic heterocycles. The van der Waals surface area contributed by atoms with E-state index >= 15 is 0 Å². The second-order valence-electron chi connectivity index (χ2n) is 5.79. The van der Waals surface area contributed by atoms with E-state index < -0.39 is 0 Å². The fourth-order valence-electron chi connectivity index (χ4n) is 1.95. The Morgan fingerprint density at radius 3 is 2.33 bits per heavy atom. The molecule has 1 aliphatic carbocycles. The summed E-state index contributed by atoms with van der Waals surface area (Å²) < 4.78 is 4.86. The molecule has 0 bridgehead atoms. The van der Waals surface area contributed by atoms with Crippen molar-refractivity contribution in [2.24, 2.45) is 10.8 Å². The lowest BCUT2D eigenvalue weighted by Crippen LogP contribution is -2.48. The Bertz CT molecular complexity index is 226. The molecule has 0 aromatic carbocycles. The van der Waals surface area contributed by atoms with Crippen molar-refractivity contribution < 1.29 is 9.53 Å². The Morgan fingerprint density at radius 2 is 2.00 bits per heavy atom. The highest BCUT2D eigenvalue weighted by molar-refractivity contribution is 5.78. The van der Waals surface area contributed by atoms with Crippen molar-refractivity contribution in [1.82, 2.24) is 5.32 Å². The standard InChI is InChI=1S/C12H23NO2/c1-11(2,3)8-13-9-12(6-5-7-12)10(14)15-4/h13H,5-9H2,1-4H3. The molecule has 15 heavy (non-hydrogen) atoms. The number of ether oxygens (including phenoxy) is 1. The normalized spacial score (nSPS) is 19.5. The number of carbonyl (C=O) groups excluding carboxylic acids is 1. The van der Waals surface area contributed by atoms with Gasteiger partial charge in [-0.15, -0.1) is 0 Å². The molecule has 88 valence electrons. The van der Waals surface area contributed by atoms with Gasteiger partial charge in [0.15, 0.2) is 0 Å². The molecule has 0 radical (unpaired) electrons. The Kier molecular flexibility index (Phi) is 3.77. The SMILES string of the molecule is COC(=O)C1(CNCC(C)(C)C)CCC1. The molecule has 0 aromatic rings. The van der Waals surface area contributed by atoms with Crippen LogP contribution >= 0.6 is 0 Å². The summed E-state index contributed by atoms with van der Waals surface area (Å²) in [5, 5.41) is 3.38. The zero-order valence-electron chi connectivity index (χ0n) is 10.4. The molecule has 3 heteroatoms. The molecule has 1 rings (SSSR count). The van der Waals surface area contributed by atoms with Gasteiger partial charge in [0.05, 0.1) is 12.5 Å². The lowest BCUT2D eigenvalue weighted by molar-refractivity contribution is -0.158. The minimum Gasteiger partial charge on any atom is -0.469 e. The molecule has 0 aliphatic heterocycles. The summed E-state index contributed by atoms with van der Waals surface area (Å²) in [6.45, 7) is 8.26. The zero-order valence-corrected chi connectivity index (χ0v) is 10.4. The topological polar surface area (TPSA) is 38.3 Å². The van der Waals surface area contributed by atoms with Crippen LogP contribution in [0.2, 0.25) is 0 Å². The molecule has 0 heterocycles. The maximum absolute atomic E-state index is 11.6. The van der Waals surface area contributed by atoms with Crippen LogP contribution in [0.25, 0.3) is 0 Å². The van der Waals surface area contributed by atoms with E-state index in [0.717, 1.165) is 32.4 Å². The average Bonchev–Trinajstić information content (AvgIpc) is 2.06. The van der Waals surface area contributed by atoms with Crippen LogP contribution in [0.5, 0.6) is 0 Å². The predicted octanol–water partition coefficient (Wildman–Crippen LogP) is 1.97. The fourth-order valence-corrected chi connectivity index (χ4v) is 1.95. The largest absolute Gasteiger partial charge is 0.469 e. The first-order chi connectivity index (χ1) is 6.90. The fraction of sp³-hybridized carbons (Fsp3) is 0.917. The van der Waals surface area contributed by atoms with Crippen molar-refractivity contribution in [2.45, 2.75) is 40.0 Å². The average molecular weight is 213 g/mol. The minimum atomic E-state index is -0.222. The van der Waals surface area contributed by atoms with E-state index in [-0.39, 0.29) is 16.8 Å². The third-order valence-corrected chi connectivity index (χ3v) is 3.05. The molecular formula is C12H23NO2. The first-order valence-corrected chi connectivity index (χ1v) is 5.69. The smallest absolute Gasteiger partial charge is 0.313 e. The summed E-state index contributed by atoms with van der Waals surface area (Å²) >= 11 is 0. The first-order valence-electron chi connectivity index (χ1n) is 5.69. The second-order valence-corrected chi connectivity index (χ2v) is 5.79. The Labute approximate surface area is 92.6 Å². The van der Waals surface area contributed by atoms with Crippen LogP contribution in [0.15, 0.2) is 0 Å². The van der Waals surface area contributed by atoms with Crippen LogP contribution in [-0.4, -0.2) is 26.2 Å². The highest BCUT2D eigenvalue weighted by Crippen LogP contribution is 2.41. The highest BCUT2D eigenvalue weighted by Gasteiger charge is 2.44. The summed E-state index contributed by atoms with van der Waals surface area (Å²) in [6.07, 6.45) is 3.08. The molecule has 1 saturated carbocycles. The lowest BCUT2D eigenvalue weighted by atomic mass is 9.68. The molecule has 3 nitrogen and oxygen atoms in total. The maximum atomic E-state index is 11.6. The number of nitrogens with one attached hydrogen (secondary N) is 1. The number of hydrogen-bond donors (Lipinski definition) is 1. The Hall–Kier alpha value is -0.570. The van der Waals surface area contributed by atoms with Gasteiger partial charge in [-0.1, -0.05) is 27.2 Å². The van der Waals surface area contributed by atoms with E-state index in [2.05, 4.69) is 26.1 Å². The number of carbonyl (C=O) groups is 1. The van der Waals surface area contributed by atoms with Crippen molar-refractivity contribution >= 4 is 5.97 Å². The lowest BCUT2D eigenvalue weighted by Gasteiger charge is -2.39. The summed E-state index contributed by atoms with van der Waals surface area (Å²) in [4.78, 5) is 11.6. The van der Waals surface area contributed by atoms with E-state index in [1.54, 1.807) is 0 Å². The van der Waals surface area contributed by atoms with Crippen LogP contribution in [-0.2, 0) is 9.53 Å². The molecular weight excluding hydrogens is 190 g/mol. The van der Waals surface area contributed by atoms with Crippen LogP contribution in [0.4, 0.5) is 0 Å². The van der Waals surface area contributed by atoms with Gasteiger partial charge in [-0.05, 0) is 18.3 Å². The van der Waals surface area contributed by atoms with Gasteiger partial charge in [0.25, 0.3) is 0 Å². The highest BCUT2D eigenvalue weighted by atomic mass is 16.5. The van der Waals surface area contributed by atoms with Crippen molar-refractivity contribution in [3.63, 3.8) is 0 Å². The number of methoxy groups -OCH3 is 1. The van der Waals surface area contributed by atoms with Crippen molar-refractivity contribution in [2.75, 3.05) is 20.2 Å². The predicted molar refractivity (Wildman–Crippen MR) is 60.6 cm³/mol. The van der Waals surface area contributed by atoms with Gasteiger partial charge >= 0.3 is 5.97 Å². The van der Waals surface area contributed by atoms with Crippen molar-refractivity contribution in [1.29, 1.82) is 0 Å². The van der Waals surface area contributed by atoms with Gasteiger partial charge in [0.2, 0.25) is 0 Å². The van der Waals surface area contributed by atoms with Crippen LogP contribution in [0, 0.1) is 10.8 Å². The maximum Gasteiger partial charge on any atom is 0.313 e. The third-order valence-electron chi connectivity index (χ3n) is 3.05. The van der Waals surface area contributed by atoms with Gasteiger partial charge in [-0.3, -0.25) is 4.79 Å². The second kappa shape index (κ2) is 4.52. The first kappa shape index (κ1) is 12.5. The van der Waals surface area contributed by atoms with Gasteiger partial charge < -0.3 is 10.1 Å². The van der Waals surface area contributed by atoms with Gasteiger partial charge in [0.1, 0.15) is 0 Å². The molecule has 0 unspecified atom stereocenters. The van der Waals surface area contributed by atoms with Crippen LogP contribution in [0.3, 0.4) is 0 Å². The molecule has 0 saturated heterocycles. The van der Waals surface area contributed by atoms with E-state index in [1.807, 2.05) is 0 Å². The summed E-state index contributed by atoms with van der Waals surface area (Å²) in [7, 11) is 1.48. The molecule has 0 amide bonds. The van der Waals surface area contributed by atoms with Gasteiger partial charge in [-0.25, -0.2) is 0 Å². The number of esters is 1. The molecule has 1 N–H and O–H groups in total. The number of rotatable bonds is 4. The van der Waals surface area contributed by atoms with Gasteiger partial charge in [0, 0.05) is 13.1 Å².